The summed E-state index contributed by atoms with van der Waals surface area (Å²) in [5.41, 5.74) is -0.830. The van der Waals surface area contributed by atoms with E-state index < -0.39 is 9.74 Å². The molecule has 0 radical (unpaired) electrons. The topological polar surface area (TPSA) is 52.6 Å². The van der Waals surface area contributed by atoms with E-state index >= 15 is 0 Å². The minimum absolute atomic E-state index is 0.00744. The molecule has 5 heteroatoms. The Labute approximate surface area is 149 Å². The van der Waals surface area contributed by atoms with E-state index in [-0.39, 0.29) is 36.0 Å². The summed E-state index contributed by atoms with van der Waals surface area (Å²) in [6.07, 6.45) is 0.719. The van der Waals surface area contributed by atoms with Gasteiger partial charge in [0.05, 0.1) is 5.41 Å². The molecule has 1 unspecified atom stereocenters. The van der Waals surface area contributed by atoms with Crippen LogP contribution in [-0.4, -0.2) is 29.5 Å². The van der Waals surface area contributed by atoms with Gasteiger partial charge in [-0.05, 0) is 38.0 Å². The van der Waals surface area contributed by atoms with Gasteiger partial charge in [0, 0.05) is 0 Å². The fraction of sp³-hybridized carbons (Fsp3) is 0.889. The predicted octanol–water partition coefficient (Wildman–Crippen LogP) is 4.73. The molecule has 0 bridgehead atoms. The predicted molar refractivity (Wildman–Crippen MR) is 96.6 cm³/mol. The second-order valence-corrected chi connectivity index (χ2v) is 11.0. The lowest BCUT2D eigenvalue weighted by Crippen LogP contribution is -2.44. The lowest BCUT2D eigenvalue weighted by Gasteiger charge is -2.43. The van der Waals surface area contributed by atoms with Crippen LogP contribution in [0.5, 0.6) is 0 Å². The zero-order valence-electron chi connectivity index (χ0n) is 16.1. The molecular formula is C18H33BrO4. The molecule has 0 saturated carbocycles. The Morgan fingerprint density at radius 3 is 1.48 bits per heavy atom. The fourth-order valence-corrected chi connectivity index (χ4v) is 2.42. The highest BCUT2D eigenvalue weighted by Crippen LogP contribution is 2.47. The summed E-state index contributed by atoms with van der Waals surface area (Å²) in [5, 5.41) is 0. The number of hydrogen-bond donors (Lipinski definition) is 0. The molecule has 0 saturated heterocycles. The van der Waals surface area contributed by atoms with E-state index in [1.54, 1.807) is 13.8 Å². The summed E-state index contributed by atoms with van der Waals surface area (Å²) in [6.45, 7) is 18.0. The normalized spacial score (nSPS) is 15.7. The van der Waals surface area contributed by atoms with E-state index in [4.69, 9.17) is 9.47 Å². The van der Waals surface area contributed by atoms with Gasteiger partial charge >= 0.3 is 11.9 Å². The largest absolute Gasteiger partial charge is 0.462 e. The average molecular weight is 393 g/mol. The fourth-order valence-electron chi connectivity index (χ4n) is 2.30. The standard InChI is InChI=1S/C18H33BrO4/c1-15(2,3)12-18(9,16(4,5)6)14(21)23-11-10-22-13(20)17(7,8)19/h10-12H2,1-9H3. The van der Waals surface area contributed by atoms with Gasteiger partial charge in [-0.25, -0.2) is 0 Å². The Hall–Kier alpha value is -0.580. The van der Waals surface area contributed by atoms with Gasteiger partial charge in [0.15, 0.2) is 0 Å². The molecule has 1 atom stereocenters. The Morgan fingerprint density at radius 2 is 1.17 bits per heavy atom. The van der Waals surface area contributed by atoms with Crippen LogP contribution in [0.2, 0.25) is 0 Å². The van der Waals surface area contributed by atoms with Crippen LogP contribution in [0.25, 0.3) is 0 Å². The van der Waals surface area contributed by atoms with Crippen molar-refractivity contribution >= 4 is 27.9 Å². The number of alkyl halides is 1. The minimum Gasteiger partial charge on any atom is -0.462 e. The smallest absolute Gasteiger partial charge is 0.322 e. The number of carbonyl (C=O) groups excluding carboxylic acids is 2. The highest BCUT2D eigenvalue weighted by atomic mass is 79.9. The zero-order valence-corrected chi connectivity index (χ0v) is 17.7. The van der Waals surface area contributed by atoms with Crippen molar-refractivity contribution in [3.63, 3.8) is 0 Å². The van der Waals surface area contributed by atoms with Crippen molar-refractivity contribution < 1.29 is 19.1 Å². The summed E-state index contributed by atoms with van der Waals surface area (Å²) in [5.74, 6) is -0.615. The van der Waals surface area contributed by atoms with Crippen LogP contribution < -0.4 is 0 Å². The van der Waals surface area contributed by atoms with Crippen LogP contribution in [0, 0.1) is 16.2 Å². The first-order chi connectivity index (χ1) is 10.0. The van der Waals surface area contributed by atoms with Crippen LogP contribution in [0.1, 0.15) is 68.7 Å². The van der Waals surface area contributed by atoms with Gasteiger partial charge < -0.3 is 9.47 Å². The molecule has 23 heavy (non-hydrogen) atoms. The Balaban J connectivity index is 4.74. The molecule has 0 aromatic carbocycles. The van der Waals surface area contributed by atoms with E-state index in [9.17, 15) is 9.59 Å². The molecule has 0 aliphatic heterocycles. The van der Waals surface area contributed by atoms with E-state index in [2.05, 4.69) is 36.7 Å². The summed E-state index contributed by atoms with van der Waals surface area (Å²) in [6, 6.07) is 0. The van der Waals surface area contributed by atoms with Gasteiger partial charge in [-0.3, -0.25) is 9.59 Å². The Morgan fingerprint density at radius 1 is 0.783 bits per heavy atom. The SMILES string of the molecule is CC(C)(C)CC(C)(C(=O)OCCOC(=O)C(C)(C)Br)C(C)(C)C. The van der Waals surface area contributed by atoms with Gasteiger partial charge in [0.25, 0.3) is 0 Å². The van der Waals surface area contributed by atoms with Crippen LogP contribution in [0.15, 0.2) is 0 Å². The second-order valence-electron chi connectivity index (χ2n) is 9.06. The van der Waals surface area contributed by atoms with Crippen molar-refractivity contribution in [3.05, 3.63) is 0 Å². The molecule has 0 rings (SSSR count). The van der Waals surface area contributed by atoms with E-state index in [1.807, 2.05) is 27.7 Å². The molecule has 0 heterocycles. The third-order valence-electron chi connectivity index (χ3n) is 4.02. The maximum absolute atomic E-state index is 12.7. The molecule has 0 N–H and O–H groups in total. The summed E-state index contributed by atoms with van der Waals surface area (Å²) in [7, 11) is 0. The molecule has 0 aliphatic rings. The molecule has 0 aliphatic carbocycles. The van der Waals surface area contributed by atoms with Crippen LogP contribution in [-0.2, 0) is 19.1 Å². The third kappa shape index (κ3) is 7.23. The van der Waals surface area contributed by atoms with Crippen molar-refractivity contribution in [1.82, 2.24) is 0 Å². The first-order valence-corrected chi connectivity index (χ1v) is 8.83. The van der Waals surface area contributed by atoms with Crippen LogP contribution in [0.3, 0.4) is 0 Å². The molecule has 4 nitrogen and oxygen atoms in total. The highest BCUT2D eigenvalue weighted by Gasteiger charge is 2.47. The lowest BCUT2D eigenvalue weighted by molar-refractivity contribution is -0.168. The van der Waals surface area contributed by atoms with Gasteiger partial charge in [0.1, 0.15) is 17.5 Å². The molecule has 0 fully saturated rings. The van der Waals surface area contributed by atoms with Crippen LogP contribution >= 0.6 is 15.9 Å². The number of carbonyl (C=O) groups is 2. The van der Waals surface area contributed by atoms with Gasteiger partial charge in [-0.15, -0.1) is 0 Å². The van der Waals surface area contributed by atoms with Gasteiger partial charge in [-0.2, -0.15) is 0 Å². The monoisotopic (exact) mass is 392 g/mol. The molecular weight excluding hydrogens is 360 g/mol. The van der Waals surface area contributed by atoms with Crippen molar-refractivity contribution in [1.29, 1.82) is 0 Å². The van der Waals surface area contributed by atoms with E-state index in [0.717, 1.165) is 6.42 Å². The summed E-state index contributed by atoms with van der Waals surface area (Å²) < 4.78 is 9.77. The first-order valence-electron chi connectivity index (χ1n) is 8.04. The van der Waals surface area contributed by atoms with E-state index in [1.165, 1.54) is 0 Å². The molecule has 0 amide bonds. The van der Waals surface area contributed by atoms with Crippen LogP contribution in [0.4, 0.5) is 0 Å². The summed E-state index contributed by atoms with van der Waals surface area (Å²) in [4.78, 5) is 24.3. The number of hydrogen-bond acceptors (Lipinski definition) is 4. The van der Waals surface area contributed by atoms with Crippen molar-refractivity contribution in [3.8, 4) is 0 Å². The molecule has 0 aromatic heterocycles. The highest BCUT2D eigenvalue weighted by molar-refractivity contribution is 9.10. The molecule has 0 aromatic rings. The van der Waals surface area contributed by atoms with E-state index in [0.29, 0.717) is 0 Å². The third-order valence-corrected chi connectivity index (χ3v) is 4.35. The molecule has 136 valence electrons. The van der Waals surface area contributed by atoms with Gasteiger partial charge in [-0.1, -0.05) is 57.5 Å². The lowest BCUT2D eigenvalue weighted by atomic mass is 9.61. The number of ether oxygens (including phenoxy) is 2. The molecule has 0 spiro atoms. The van der Waals surface area contributed by atoms with Crippen molar-refractivity contribution in [2.75, 3.05) is 13.2 Å². The first kappa shape index (κ1) is 22.4. The minimum atomic E-state index is -0.733. The van der Waals surface area contributed by atoms with Crippen molar-refractivity contribution in [2.45, 2.75) is 73.1 Å². The number of esters is 2. The Kier molecular flexibility index (Phi) is 7.35. The number of halogens is 1. The average Bonchev–Trinajstić information content (AvgIpc) is 2.28. The van der Waals surface area contributed by atoms with Crippen molar-refractivity contribution in [2.24, 2.45) is 16.2 Å². The maximum atomic E-state index is 12.7. The Bertz CT molecular complexity index is 424. The second kappa shape index (κ2) is 7.54. The zero-order chi connectivity index (χ0) is 18.7. The summed E-state index contributed by atoms with van der Waals surface area (Å²) >= 11 is 3.23. The maximum Gasteiger partial charge on any atom is 0.322 e. The van der Waals surface area contributed by atoms with Gasteiger partial charge in [0.2, 0.25) is 0 Å². The number of rotatable bonds is 6. The quantitative estimate of drug-likeness (QED) is 0.372.